The molecule has 0 aliphatic rings. The third kappa shape index (κ3) is 3.30. The molecule has 22 heavy (non-hydrogen) atoms. The van der Waals surface area contributed by atoms with Gasteiger partial charge in [-0.25, -0.2) is 4.79 Å². The van der Waals surface area contributed by atoms with E-state index in [4.69, 9.17) is 4.42 Å². The normalized spacial score (nSPS) is 11.1. The summed E-state index contributed by atoms with van der Waals surface area (Å²) >= 11 is 0. The molecule has 2 N–H and O–H groups in total. The van der Waals surface area contributed by atoms with Crippen molar-refractivity contribution in [3.8, 4) is 5.75 Å². The van der Waals surface area contributed by atoms with Gasteiger partial charge < -0.3 is 14.8 Å². The first kappa shape index (κ1) is 16.1. The van der Waals surface area contributed by atoms with E-state index in [1.807, 2.05) is 20.8 Å². The van der Waals surface area contributed by atoms with Gasteiger partial charge in [0.1, 0.15) is 11.3 Å². The first-order valence-electron chi connectivity index (χ1n) is 7.32. The quantitative estimate of drug-likeness (QED) is 0.850. The lowest BCUT2D eigenvalue weighted by molar-refractivity contribution is -0.120. The molecule has 1 aromatic heterocycles. The summed E-state index contributed by atoms with van der Waals surface area (Å²) in [6, 6.07) is 3.31. The zero-order chi connectivity index (χ0) is 16.4. The minimum Gasteiger partial charge on any atom is -0.507 e. The molecule has 0 saturated heterocycles. The maximum atomic E-state index is 12.1. The van der Waals surface area contributed by atoms with E-state index in [1.165, 1.54) is 0 Å². The number of rotatable bonds is 4. The SMILES string of the molecule is Cc1cc(O)c2c(C)c(CC(=O)NCC(C)C)c(=O)oc2c1. The predicted molar refractivity (Wildman–Crippen MR) is 85.2 cm³/mol. The highest BCUT2D eigenvalue weighted by atomic mass is 16.4. The Labute approximate surface area is 129 Å². The van der Waals surface area contributed by atoms with Gasteiger partial charge >= 0.3 is 5.63 Å². The number of amides is 1. The molecule has 1 heterocycles. The molecule has 0 spiro atoms. The largest absolute Gasteiger partial charge is 0.507 e. The highest BCUT2D eigenvalue weighted by Crippen LogP contribution is 2.29. The van der Waals surface area contributed by atoms with E-state index >= 15 is 0 Å². The van der Waals surface area contributed by atoms with E-state index in [2.05, 4.69) is 5.32 Å². The fraction of sp³-hybridized carbons (Fsp3) is 0.412. The second-order valence-electron chi connectivity index (χ2n) is 6.02. The molecular weight excluding hydrogens is 282 g/mol. The molecule has 1 aromatic carbocycles. The maximum Gasteiger partial charge on any atom is 0.340 e. The number of hydrogen-bond donors (Lipinski definition) is 2. The van der Waals surface area contributed by atoms with Gasteiger partial charge in [-0.15, -0.1) is 0 Å². The highest BCUT2D eigenvalue weighted by Gasteiger charge is 2.17. The van der Waals surface area contributed by atoms with Crippen molar-refractivity contribution in [2.45, 2.75) is 34.1 Å². The van der Waals surface area contributed by atoms with Crippen LogP contribution in [0.25, 0.3) is 11.0 Å². The van der Waals surface area contributed by atoms with Crippen molar-refractivity contribution in [1.82, 2.24) is 5.32 Å². The predicted octanol–water partition coefficient (Wildman–Crippen LogP) is 2.43. The van der Waals surface area contributed by atoms with Crippen LogP contribution in [-0.4, -0.2) is 17.6 Å². The molecule has 5 nitrogen and oxygen atoms in total. The van der Waals surface area contributed by atoms with E-state index in [-0.39, 0.29) is 23.6 Å². The second kappa shape index (κ2) is 6.22. The van der Waals surface area contributed by atoms with Crippen LogP contribution in [0.1, 0.15) is 30.5 Å². The van der Waals surface area contributed by atoms with Gasteiger partial charge in [0.15, 0.2) is 0 Å². The van der Waals surface area contributed by atoms with Crippen molar-refractivity contribution in [3.63, 3.8) is 0 Å². The van der Waals surface area contributed by atoms with Gasteiger partial charge in [0, 0.05) is 6.54 Å². The highest BCUT2D eigenvalue weighted by molar-refractivity contribution is 5.89. The van der Waals surface area contributed by atoms with Gasteiger partial charge in [-0.1, -0.05) is 13.8 Å². The number of carbonyl (C=O) groups excluding carboxylic acids is 1. The number of phenolic OH excluding ortho intramolecular Hbond substituents is 1. The molecule has 2 rings (SSSR count). The summed E-state index contributed by atoms with van der Waals surface area (Å²) in [5.41, 5.74) is 1.48. The van der Waals surface area contributed by atoms with Crippen molar-refractivity contribution in [3.05, 3.63) is 39.2 Å². The number of carbonyl (C=O) groups is 1. The second-order valence-corrected chi connectivity index (χ2v) is 6.02. The van der Waals surface area contributed by atoms with Gasteiger partial charge in [-0.2, -0.15) is 0 Å². The zero-order valence-electron chi connectivity index (χ0n) is 13.3. The monoisotopic (exact) mass is 303 g/mol. The van der Waals surface area contributed by atoms with Crippen molar-refractivity contribution >= 4 is 16.9 Å². The van der Waals surface area contributed by atoms with E-state index in [0.717, 1.165) is 5.56 Å². The van der Waals surface area contributed by atoms with Crippen LogP contribution in [0.4, 0.5) is 0 Å². The van der Waals surface area contributed by atoms with E-state index in [1.54, 1.807) is 19.1 Å². The molecular formula is C17H21NO4. The standard InChI is InChI=1S/C17H21NO4/c1-9(2)8-18-15(20)7-12-11(4)16-13(19)5-10(3)6-14(16)22-17(12)21/h5-6,9,19H,7-8H2,1-4H3,(H,18,20). The van der Waals surface area contributed by atoms with Gasteiger partial charge in [-0.05, 0) is 43.0 Å². The van der Waals surface area contributed by atoms with Crippen molar-refractivity contribution in [1.29, 1.82) is 0 Å². The van der Waals surface area contributed by atoms with Crippen LogP contribution in [0.3, 0.4) is 0 Å². The molecule has 0 unspecified atom stereocenters. The Morgan fingerprint density at radius 2 is 2.00 bits per heavy atom. The van der Waals surface area contributed by atoms with Crippen LogP contribution in [-0.2, 0) is 11.2 Å². The van der Waals surface area contributed by atoms with Crippen LogP contribution in [0.15, 0.2) is 21.3 Å². The zero-order valence-corrected chi connectivity index (χ0v) is 13.3. The van der Waals surface area contributed by atoms with E-state index < -0.39 is 5.63 Å². The Balaban J connectivity index is 2.43. The number of fused-ring (bicyclic) bond motifs is 1. The third-order valence-electron chi connectivity index (χ3n) is 3.55. The number of phenols is 1. The van der Waals surface area contributed by atoms with Gasteiger partial charge in [0.05, 0.1) is 17.4 Å². The number of nitrogens with one attached hydrogen (secondary N) is 1. The summed E-state index contributed by atoms with van der Waals surface area (Å²) in [5.74, 6) is 0.167. The molecule has 0 atom stereocenters. The number of aromatic hydroxyl groups is 1. The molecule has 5 heteroatoms. The molecule has 0 radical (unpaired) electrons. The Kier molecular flexibility index (Phi) is 4.54. The smallest absolute Gasteiger partial charge is 0.340 e. The van der Waals surface area contributed by atoms with Gasteiger partial charge in [-0.3, -0.25) is 4.79 Å². The van der Waals surface area contributed by atoms with Crippen molar-refractivity contribution < 1.29 is 14.3 Å². The number of hydrogen-bond acceptors (Lipinski definition) is 4. The van der Waals surface area contributed by atoms with Crippen LogP contribution < -0.4 is 10.9 Å². The van der Waals surface area contributed by atoms with E-state index in [9.17, 15) is 14.7 Å². The first-order valence-corrected chi connectivity index (χ1v) is 7.32. The third-order valence-corrected chi connectivity index (χ3v) is 3.55. The summed E-state index contributed by atoms with van der Waals surface area (Å²) in [6.07, 6.45) is -0.0514. The average Bonchev–Trinajstić information content (AvgIpc) is 2.40. The molecule has 0 saturated carbocycles. The number of aryl methyl sites for hydroxylation is 2. The maximum absolute atomic E-state index is 12.1. The fourth-order valence-electron chi connectivity index (χ4n) is 2.40. The van der Waals surface area contributed by atoms with Crippen LogP contribution in [0.2, 0.25) is 0 Å². The molecule has 0 aliphatic carbocycles. The van der Waals surface area contributed by atoms with Crippen LogP contribution in [0.5, 0.6) is 5.75 Å². The minimum absolute atomic E-state index is 0.0514. The van der Waals surface area contributed by atoms with Gasteiger partial charge in [0.2, 0.25) is 5.91 Å². The summed E-state index contributed by atoms with van der Waals surface area (Å²) < 4.78 is 5.27. The van der Waals surface area contributed by atoms with Crippen molar-refractivity contribution in [2.75, 3.05) is 6.54 Å². The Hall–Kier alpha value is -2.30. The average molecular weight is 303 g/mol. The lowest BCUT2D eigenvalue weighted by atomic mass is 10.0. The summed E-state index contributed by atoms with van der Waals surface area (Å²) in [7, 11) is 0. The first-order chi connectivity index (χ1) is 10.3. The minimum atomic E-state index is -0.533. The van der Waals surface area contributed by atoms with Gasteiger partial charge in [0.25, 0.3) is 0 Å². The van der Waals surface area contributed by atoms with Crippen LogP contribution in [0, 0.1) is 19.8 Å². The van der Waals surface area contributed by atoms with Crippen molar-refractivity contribution in [2.24, 2.45) is 5.92 Å². The fourth-order valence-corrected chi connectivity index (χ4v) is 2.40. The topological polar surface area (TPSA) is 79.5 Å². The summed E-state index contributed by atoms with van der Waals surface area (Å²) in [6.45, 7) is 8.08. The molecule has 2 aromatic rings. The number of benzene rings is 1. The molecule has 1 amide bonds. The molecule has 0 aliphatic heterocycles. The molecule has 0 fully saturated rings. The lowest BCUT2D eigenvalue weighted by Crippen LogP contribution is -2.30. The molecule has 0 bridgehead atoms. The Morgan fingerprint density at radius 3 is 2.64 bits per heavy atom. The summed E-state index contributed by atoms with van der Waals surface area (Å²) in [5, 5.41) is 13.4. The molecule has 118 valence electrons. The Morgan fingerprint density at radius 1 is 1.32 bits per heavy atom. The summed E-state index contributed by atoms with van der Waals surface area (Å²) in [4.78, 5) is 24.1. The van der Waals surface area contributed by atoms with Crippen LogP contribution >= 0.6 is 0 Å². The Bertz CT molecular complexity index is 774. The van der Waals surface area contributed by atoms with E-state index in [0.29, 0.717) is 29.0 Å². The lowest BCUT2D eigenvalue weighted by Gasteiger charge is -2.11.